The Labute approximate surface area is 151 Å². The number of hydrogen-bond acceptors (Lipinski definition) is 4. The lowest BCUT2D eigenvalue weighted by Crippen LogP contribution is -2.28. The normalized spacial score (nSPS) is 12.6. The Kier molecular flexibility index (Phi) is 7.55. The molecule has 0 heterocycles. The molecular weight excluding hydrogens is 353 g/mol. The van der Waals surface area contributed by atoms with Crippen LogP contribution in [0.4, 0.5) is 10.1 Å². The van der Waals surface area contributed by atoms with Crippen LogP contribution in [0.1, 0.15) is 41.0 Å². The second-order valence-corrected chi connectivity index (χ2v) is 8.18. The number of amides is 1. The van der Waals surface area contributed by atoms with Crippen molar-refractivity contribution in [2.24, 2.45) is 5.41 Å². The number of ether oxygens (including phenoxy) is 1. The first-order chi connectivity index (χ1) is 11.1. The molecule has 1 aromatic rings. The third-order valence-electron chi connectivity index (χ3n) is 3.04. The van der Waals surface area contributed by atoms with Crippen LogP contribution in [0, 0.1) is 11.2 Å². The minimum Gasteiger partial charge on any atom is -0.465 e. The van der Waals surface area contributed by atoms with E-state index in [1.165, 1.54) is 6.07 Å². The van der Waals surface area contributed by atoms with Gasteiger partial charge in [0.25, 0.3) is 0 Å². The van der Waals surface area contributed by atoms with Crippen molar-refractivity contribution >= 4 is 40.9 Å². The number of benzene rings is 1. The van der Waals surface area contributed by atoms with Gasteiger partial charge in [-0.3, -0.25) is 9.59 Å². The molecule has 0 saturated heterocycles. The molecule has 4 nitrogen and oxygen atoms in total. The number of halogens is 2. The molecule has 0 aliphatic rings. The lowest BCUT2D eigenvalue weighted by Gasteiger charge is -2.19. The van der Waals surface area contributed by atoms with Gasteiger partial charge < -0.3 is 10.1 Å². The summed E-state index contributed by atoms with van der Waals surface area (Å²) in [6, 6.07) is 2.57. The summed E-state index contributed by atoms with van der Waals surface area (Å²) in [5, 5.41) is 2.24. The maximum Gasteiger partial charge on any atom is 0.319 e. The molecule has 1 aromatic carbocycles. The zero-order valence-corrected chi connectivity index (χ0v) is 16.1. The number of nitrogens with one attached hydrogen (secondary N) is 1. The van der Waals surface area contributed by atoms with Crippen LogP contribution in [0.3, 0.4) is 0 Å². The van der Waals surface area contributed by atoms with Gasteiger partial charge in [-0.2, -0.15) is 0 Å². The zero-order chi connectivity index (χ0) is 18.5. The van der Waals surface area contributed by atoms with E-state index in [1.54, 1.807) is 27.7 Å². The Hall–Kier alpha value is -1.27. The standard InChI is InChI=1S/C17H23ClFNO3S/c1-6-7-23-15(21)10(2)24-14-9-13(12(19)8-11(14)18)20-16(22)17(3,4)5/h8-10H,6-7H2,1-5H3,(H,20,22). The predicted octanol–water partition coefficient (Wildman–Crippen LogP) is 4.90. The second kappa shape index (κ2) is 8.72. The van der Waals surface area contributed by atoms with E-state index in [9.17, 15) is 14.0 Å². The van der Waals surface area contributed by atoms with Crippen molar-refractivity contribution in [1.82, 2.24) is 0 Å². The molecule has 0 spiro atoms. The Balaban J connectivity index is 2.94. The SMILES string of the molecule is CCCOC(=O)C(C)Sc1cc(NC(=O)C(C)(C)C)c(F)cc1Cl. The highest BCUT2D eigenvalue weighted by Gasteiger charge is 2.24. The summed E-state index contributed by atoms with van der Waals surface area (Å²) >= 11 is 7.22. The van der Waals surface area contributed by atoms with Gasteiger partial charge in [-0.05, 0) is 25.5 Å². The number of esters is 1. The average Bonchev–Trinajstić information content (AvgIpc) is 2.48. The Bertz CT molecular complexity index is 617. The van der Waals surface area contributed by atoms with E-state index in [2.05, 4.69) is 5.32 Å². The summed E-state index contributed by atoms with van der Waals surface area (Å²) in [5.74, 6) is -1.29. The van der Waals surface area contributed by atoms with Crippen LogP contribution >= 0.6 is 23.4 Å². The van der Waals surface area contributed by atoms with E-state index in [1.807, 2.05) is 6.92 Å². The highest BCUT2D eigenvalue weighted by molar-refractivity contribution is 8.00. The van der Waals surface area contributed by atoms with Gasteiger partial charge in [0.05, 0.1) is 17.3 Å². The Morgan fingerprint density at radius 2 is 2.00 bits per heavy atom. The lowest BCUT2D eigenvalue weighted by atomic mass is 9.95. The summed E-state index contributed by atoms with van der Waals surface area (Å²) in [5.41, 5.74) is -0.618. The second-order valence-electron chi connectivity index (χ2n) is 6.39. The van der Waals surface area contributed by atoms with Crippen LogP contribution in [-0.2, 0) is 14.3 Å². The molecule has 0 aliphatic heterocycles. The van der Waals surface area contributed by atoms with Crippen LogP contribution < -0.4 is 5.32 Å². The fraction of sp³-hybridized carbons (Fsp3) is 0.529. The number of carbonyl (C=O) groups excluding carboxylic acids is 2. The van der Waals surface area contributed by atoms with Crippen LogP contribution in [0.2, 0.25) is 5.02 Å². The van der Waals surface area contributed by atoms with Gasteiger partial charge in [-0.15, -0.1) is 11.8 Å². The molecule has 134 valence electrons. The van der Waals surface area contributed by atoms with Gasteiger partial charge in [-0.1, -0.05) is 39.3 Å². The highest BCUT2D eigenvalue weighted by atomic mass is 35.5. The van der Waals surface area contributed by atoms with Crippen LogP contribution in [0.25, 0.3) is 0 Å². The van der Waals surface area contributed by atoms with E-state index in [4.69, 9.17) is 16.3 Å². The van der Waals surface area contributed by atoms with E-state index >= 15 is 0 Å². The fourth-order valence-corrected chi connectivity index (χ4v) is 2.77. The molecular formula is C17H23ClFNO3S. The van der Waals surface area contributed by atoms with Crippen LogP contribution in [-0.4, -0.2) is 23.7 Å². The van der Waals surface area contributed by atoms with Crippen molar-refractivity contribution in [2.45, 2.75) is 51.2 Å². The summed E-state index contributed by atoms with van der Waals surface area (Å²) < 4.78 is 19.1. The van der Waals surface area contributed by atoms with E-state index < -0.39 is 16.5 Å². The van der Waals surface area contributed by atoms with Crippen molar-refractivity contribution < 1.29 is 18.7 Å². The minimum absolute atomic E-state index is 0.0379. The molecule has 0 aromatic heterocycles. The van der Waals surface area contributed by atoms with Gasteiger partial charge in [-0.25, -0.2) is 4.39 Å². The van der Waals surface area contributed by atoms with Crippen LogP contribution in [0.15, 0.2) is 17.0 Å². The smallest absolute Gasteiger partial charge is 0.319 e. The number of anilines is 1. The Morgan fingerprint density at radius 3 is 2.54 bits per heavy atom. The quantitative estimate of drug-likeness (QED) is 0.567. The molecule has 1 amide bonds. The zero-order valence-electron chi connectivity index (χ0n) is 14.5. The summed E-state index contributed by atoms with van der Waals surface area (Å²) in [6.07, 6.45) is 0.739. The number of rotatable bonds is 6. The maximum absolute atomic E-state index is 14.0. The molecule has 0 saturated carbocycles. The molecule has 1 unspecified atom stereocenters. The third kappa shape index (κ3) is 5.98. The number of carbonyl (C=O) groups is 2. The first kappa shape index (κ1) is 20.8. The molecule has 7 heteroatoms. The first-order valence-corrected chi connectivity index (χ1v) is 8.95. The maximum atomic E-state index is 14.0. The molecule has 1 rings (SSSR count). The van der Waals surface area contributed by atoms with E-state index in [-0.39, 0.29) is 22.6 Å². The monoisotopic (exact) mass is 375 g/mol. The number of hydrogen-bond donors (Lipinski definition) is 1. The molecule has 1 atom stereocenters. The van der Waals surface area contributed by atoms with E-state index in [0.29, 0.717) is 11.5 Å². The summed E-state index contributed by atoms with van der Waals surface area (Å²) in [6.45, 7) is 9.16. The van der Waals surface area contributed by atoms with Gasteiger partial charge in [0.2, 0.25) is 5.91 Å². The first-order valence-electron chi connectivity index (χ1n) is 7.70. The predicted molar refractivity (Wildman–Crippen MR) is 96.1 cm³/mol. The summed E-state index contributed by atoms with van der Waals surface area (Å²) in [7, 11) is 0. The average molecular weight is 376 g/mol. The molecule has 24 heavy (non-hydrogen) atoms. The third-order valence-corrected chi connectivity index (χ3v) is 4.60. The van der Waals surface area contributed by atoms with Crippen molar-refractivity contribution in [3.8, 4) is 0 Å². The largest absolute Gasteiger partial charge is 0.465 e. The fourth-order valence-electron chi connectivity index (χ4n) is 1.58. The van der Waals surface area contributed by atoms with Gasteiger partial charge in [0.1, 0.15) is 11.1 Å². The molecule has 1 N–H and O–H groups in total. The minimum atomic E-state index is -0.656. The van der Waals surface area contributed by atoms with Gasteiger partial charge >= 0.3 is 5.97 Å². The van der Waals surface area contributed by atoms with Crippen molar-refractivity contribution in [3.05, 3.63) is 23.0 Å². The van der Waals surface area contributed by atoms with Crippen molar-refractivity contribution in [1.29, 1.82) is 0 Å². The summed E-state index contributed by atoms with van der Waals surface area (Å²) in [4.78, 5) is 24.4. The van der Waals surface area contributed by atoms with Crippen molar-refractivity contribution in [2.75, 3.05) is 11.9 Å². The molecule has 0 bridgehead atoms. The molecule has 0 radical (unpaired) electrons. The molecule has 0 aliphatic carbocycles. The topological polar surface area (TPSA) is 55.4 Å². The van der Waals surface area contributed by atoms with Gasteiger partial charge in [0.15, 0.2) is 0 Å². The Morgan fingerprint density at radius 1 is 1.38 bits per heavy atom. The number of thioether (sulfide) groups is 1. The van der Waals surface area contributed by atoms with E-state index in [0.717, 1.165) is 24.2 Å². The highest BCUT2D eigenvalue weighted by Crippen LogP contribution is 2.35. The lowest BCUT2D eigenvalue weighted by molar-refractivity contribution is -0.142. The van der Waals surface area contributed by atoms with Gasteiger partial charge in [0, 0.05) is 10.3 Å². The molecule has 0 fully saturated rings. The van der Waals surface area contributed by atoms with Crippen molar-refractivity contribution in [3.63, 3.8) is 0 Å². The van der Waals surface area contributed by atoms with Crippen LogP contribution in [0.5, 0.6) is 0 Å².